The van der Waals surface area contributed by atoms with E-state index in [0.29, 0.717) is 10.1 Å². The van der Waals surface area contributed by atoms with Crippen LogP contribution in [-0.2, 0) is 0 Å². The van der Waals surface area contributed by atoms with Gasteiger partial charge in [-0.05, 0) is 39.8 Å². The van der Waals surface area contributed by atoms with Gasteiger partial charge in [-0.25, -0.2) is 14.8 Å². The standard InChI is InChI=1S/C9H5BrN2O3S/c10-5-3-11-4-12-8(5)16-7-2-1-6(15-7)9(13)14/h1-4H,(H,13,14). The summed E-state index contributed by atoms with van der Waals surface area (Å²) in [5.74, 6) is -1.18. The highest BCUT2D eigenvalue weighted by atomic mass is 79.9. The maximum atomic E-state index is 10.6. The minimum absolute atomic E-state index is 0.0901. The summed E-state index contributed by atoms with van der Waals surface area (Å²) in [6, 6.07) is 2.99. The van der Waals surface area contributed by atoms with Gasteiger partial charge < -0.3 is 9.52 Å². The lowest BCUT2D eigenvalue weighted by Crippen LogP contribution is -1.91. The molecule has 1 N–H and O–H groups in total. The monoisotopic (exact) mass is 300 g/mol. The number of hydrogen-bond donors (Lipinski definition) is 1. The van der Waals surface area contributed by atoms with Gasteiger partial charge in [0.15, 0.2) is 5.09 Å². The molecule has 0 aliphatic carbocycles. The van der Waals surface area contributed by atoms with Crippen molar-refractivity contribution in [3.8, 4) is 0 Å². The summed E-state index contributed by atoms with van der Waals surface area (Å²) >= 11 is 4.51. The van der Waals surface area contributed by atoms with Gasteiger partial charge in [-0.15, -0.1) is 0 Å². The van der Waals surface area contributed by atoms with Crippen molar-refractivity contribution in [1.29, 1.82) is 0 Å². The van der Waals surface area contributed by atoms with Gasteiger partial charge in [-0.3, -0.25) is 0 Å². The first-order chi connectivity index (χ1) is 7.66. The molecule has 2 rings (SSSR count). The summed E-state index contributed by atoms with van der Waals surface area (Å²) in [4.78, 5) is 18.4. The zero-order valence-corrected chi connectivity index (χ0v) is 10.2. The molecular formula is C9H5BrN2O3S. The number of rotatable bonds is 3. The molecule has 82 valence electrons. The normalized spacial score (nSPS) is 10.3. The number of aromatic nitrogens is 2. The molecule has 0 saturated heterocycles. The Hall–Kier alpha value is -1.34. The van der Waals surface area contributed by atoms with Crippen LogP contribution in [0.5, 0.6) is 0 Å². The first kappa shape index (κ1) is 11.2. The molecule has 2 heterocycles. The van der Waals surface area contributed by atoms with Crippen molar-refractivity contribution < 1.29 is 14.3 Å². The molecule has 5 nitrogen and oxygen atoms in total. The van der Waals surface area contributed by atoms with E-state index in [1.807, 2.05) is 0 Å². The zero-order chi connectivity index (χ0) is 11.5. The molecule has 0 saturated carbocycles. The van der Waals surface area contributed by atoms with E-state index in [-0.39, 0.29) is 5.76 Å². The quantitative estimate of drug-likeness (QED) is 0.878. The van der Waals surface area contributed by atoms with Crippen molar-refractivity contribution in [1.82, 2.24) is 9.97 Å². The summed E-state index contributed by atoms with van der Waals surface area (Å²) in [5.41, 5.74) is 0. The first-order valence-corrected chi connectivity index (χ1v) is 5.74. The Morgan fingerprint density at radius 3 is 2.94 bits per heavy atom. The average molecular weight is 301 g/mol. The molecule has 0 amide bonds. The van der Waals surface area contributed by atoms with Crippen molar-refractivity contribution in [2.45, 2.75) is 10.1 Å². The van der Waals surface area contributed by atoms with Gasteiger partial charge in [-0.1, -0.05) is 0 Å². The molecule has 0 unspecified atom stereocenters. The van der Waals surface area contributed by atoms with Crippen LogP contribution in [0.15, 0.2) is 43.7 Å². The summed E-state index contributed by atoms with van der Waals surface area (Å²) in [5, 5.41) is 9.82. The Morgan fingerprint density at radius 1 is 1.50 bits per heavy atom. The van der Waals surface area contributed by atoms with Gasteiger partial charge in [0, 0.05) is 6.20 Å². The number of aromatic carboxylic acids is 1. The number of hydrogen-bond acceptors (Lipinski definition) is 5. The molecular weight excluding hydrogens is 296 g/mol. The molecule has 0 spiro atoms. The summed E-state index contributed by atoms with van der Waals surface area (Å²) < 4.78 is 5.82. The molecule has 0 radical (unpaired) electrons. The second kappa shape index (κ2) is 4.67. The van der Waals surface area contributed by atoms with Crippen LogP contribution < -0.4 is 0 Å². The van der Waals surface area contributed by atoms with Gasteiger partial charge in [-0.2, -0.15) is 0 Å². The van der Waals surface area contributed by atoms with Gasteiger partial charge in [0.05, 0.1) is 4.47 Å². The largest absolute Gasteiger partial charge is 0.475 e. The van der Waals surface area contributed by atoms with E-state index in [9.17, 15) is 4.79 Å². The highest BCUT2D eigenvalue weighted by Crippen LogP contribution is 2.31. The van der Waals surface area contributed by atoms with Crippen LogP contribution in [0.3, 0.4) is 0 Å². The highest BCUT2D eigenvalue weighted by molar-refractivity contribution is 9.10. The molecule has 16 heavy (non-hydrogen) atoms. The van der Waals surface area contributed by atoms with Gasteiger partial charge in [0.25, 0.3) is 0 Å². The van der Waals surface area contributed by atoms with Crippen LogP contribution in [-0.4, -0.2) is 21.0 Å². The Balaban J connectivity index is 2.21. The fourth-order valence-corrected chi connectivity index (χ4v) is 2.13. The number of nitrogens with zero attached hydrogens (tertiary/aromatic N) is 2. The fourth-order valence-electron chi connectivity index (χ4n) is 0.962. The van der Waals surface area contributed by atoms with E-state index in [2.05, 4.69) is 25.9 Å². The topological polar surface area (TPSA) is 76.2 Å². The van der Waals surface area contributed by atoms with Crippen LogP contribution in [0.25, 0.3) is 0 Å². The summed E-state index contributed by atoms with van der Waals surface area (Å²) in [6.07, 6.45) is 3.02. The van der Waals surface area contributed by atoms with Crippen LogP contribution >= 0.6 is 27.7 Å². The predicted molar refractivity (Wildman–Crippen MR) is 59.5 cm³/mol. The SMILES string of the molecule is O=C(O)c1ccc(Sc2ncncc2Br)o1. The molecule has 0 aromatic carbocycles. The number of halogens is 1. The number of furan rings is 1. The molecule has 0 fully saturated rings. The lowest BCUT2D eigenvalue weighted by atomic mass is 10.5. The third-order valence-electron chi connectivity index (χ3n) is 1.62. The molecule has 0 atom stereocenters. The number of carbonyl (C=O) groups is 1. The Kier molecular flexibility index (Phi) is 3.25. The van der Waals surface area contributed by atoms with Gasteiger partial charge in [0.1, 0.15) is 11.4 Å². The van der Waals surface area contributed by atoms with Crippen molar-refractivity contribution in [2.24, 2.45) is 0 Å². The Morgan fingerprint density at radius 2 is 2.31 bits per heavy atom. The maximum Gasteiger partial charge on any atom is 0.371 e. The summed E-state index contributed by atoms with van der Waals surface area (Å²) in [7, 11) is 0. The van der Waals surface area contributed by atoms with Gasteiger partial charge >= 0.3 is 5.97 Å². The van der Waals surface area contributed by atoms with Crippen molar-refractivity contribution in [3.63, 3.8) is 0 Å². The lowest BCUT2D eigenvalue weighted by molar-refractivity contribution is 0.0656. The maximum absolute atomic E-state index is 10.6. The molecule has 0 bridgehead atoms. The van der Waals surface area contributed by atoms with Crippen molar-refractivity contribution in [2.75, 3.05) is 0 Å². The van der Waals surface area contributed by atoms with E-state index in [4.69, 9.17) is 9.52 Å². The van der Waals surface area contributed by atoms with E-state index in [1.54, 1.807) is 12.3 Å². The molecule has 0 aliphatic rings. The van der Waals surface area contributed by atoms with Crippen molar-refractivity contribution in [3.05, 3.63) is 34.9 Å². The minimum Gasteiger partial charge on any atom is -0.475 e. The van der Waals surface area contributed by atoms with E-state index >= 15 is 0 Å². The minimum atomic E-state index is -1.09. The molecule has 2 aromatic heterocycles. The van der Waals surface area contributed by atoms with Crippen LogP contribution in [0, 0.1) is 0 Å². The Bertz CT molecular complexity index is 529. The molecule has 0 aliphatic heterocycles. The summed E-state index contributed by atoms with van der Waals surface area (Å²) in [6.45, 7) is 0. The highest BCUT2D eigenvalue weighted by Gasteiger charge is 2.11. The fraction of sp³-hybridized carbons (Fsp3) is 0. The average Bonchev–Trinajstić information content (AvgIpc) is 2.70. The van der Waals surface area contributed by atoms with E-state index in [1.165, 1.54) is 24.2 Å². The van der Waals surface area contributed by atoms with E-state index in [0.717, 1.165) is 4.47 Å². The zero-order valence-electron chi connectivity index (χ0n) is 7.75. The van der Waals surface area contributed by atoms with Crippen LogP contribution in [0.2, 0.25) is 0 Å². The van der Waals surface area contributed by atoms with Gasteiger partial charge in [0.2, 0.25) is 5.76 Å². The van der Waals surface area contributed by atoms with Crippen LogP contribution in [0.1, 0.15) is 10.6 Å². The van der Waals surface area contributed by atoms with Crippen molar-refractivity contribution >= 4 is 33.7 Å². The van der Waals surface area contributed by atoms with Crippen LogP contribution in [0.4, 0.5) is 0 Å². The predicted octanol–water partition coefficient (Wildman–Crippen LogP) is 2.68. The third kappa shape index (κ3) is 2.42. The second-order valence-electron chi connectivity index (χ2n) is 2.70. The number of carboxylic acids is 1. The first-order valence-electron chi connectivity index (χ1n) is 4.13. The molecule has 2 aromatic rings. The second-order valence-corrected chi connectivity index (χ2v) is 4.55. The lowest BCUT2D eigenvalue weighted by Gasteiger charge is -1.98. The smallest absolute Gasteiger partial charge is 0.371 e. The molecule has 7 heteroatoms. The Labute approximate surface area is 103 Å². The number of carboxylic acid groups (broad SMARTS) is 1. The van der Waals surface area contributed by atoms with E-state index < -0.39 is 5.97 Å². The third-order valence-corrected chi connectivity index (χ3v) is 3.41.